The molecule has 0 aliphatic carbocycles. The number of fused-ring (bicyclic) bond motifs is 1. The van der Waals surface area contributed by atoms with Gasteiger partial charge in [-0.2, -0.15) is 0 Å². The topological polar surface area (TPSA) is 58.6 Å². The van der Waals surface area contributed by atoms with Gasteiger partial charge in [0.2, 0.25) is 5.91 Å². The molecule has 0 saturated heterocycles. The molecule has 1 N–H and O–H groups in total. The van der Waals surface area contributed by atoms with Crippen molar-refractivity contribution in [2.75, 3.05) is 25.0 Å². The molecule has 3 rings (SSSR count). The second-order valence-electron chi connectivity index (χ2n) is 5.89. The van der Waals surface area contributed by atoms with E-state index in [1.54, 1.807) is 24.3 Å². The lowest BCUT2D eigenvalue weighted by molar-refractivity contribution is -0.111. The van der Waals surface area contributed by atoms with E-state index >= 15 is 0 Å². The second-order valence-corrected chi connectivity index (χ2v) is 7.97. The van der Waals surface area contributed by atoms with Crippen molar-refractivity contribution < 1.29 is 14.3 Å². The summed E-state index contributed by atoms with van der Waals surface area (Å²) in [7, 11) is 0. The maximum atomic E-state index is 12.5. The van der Waals surface area contributed by atoms with Crippen molar-refractivity contribution >= 4 is 45.6 Å². The van der Waals surface area contributed by atoms with E-state index in [9.17, 15) is 9.59 Å². The maximum Gasteiger partial charge on any atom is 0.341 e. The Balaban J connectivity index is 1.84. The Morgan fingerprint density at radius 1 is 1.38 bits per heavy atom. The molecule has 7 heteroatoms. The number of hydrogen-bond acceptors (Lipinski definition) is 6. The lowest BCUT2D eigenvalue weighted by Crippen LogP contribution is -2.30. The van der Waals surface area contributed by atoms with Crippen LogP contribution in [0.1, 0.15) is 39.5 Å². The van der Waals surface area contributed by atoms with Crippen LogP contribution in [-0.4, -0.2) is 36.5 Å². The predicted molar refractivity (Wildman–Crippen MR) is 107 cm³/mol. The van der Waals surface area contributed by atoms with E-state index in [1.165, 1.54) is 17.4 Å². The third kappa shape index (κ3) is 4.23. The van der Waals surface area contributed by atoms with Crippen LogP contribution < -0.4 is 5.32 Å². The monoisotopic (exact) mass is 390 g/mol. The van der Waals surface area contributed by atoms with Crippen LogP contribution in [0.25, 0.3) is 6.08 Å². The number of ether oxygens (including phenoxy) is 1. The van der Waals surface area contributed by atoms with E-state index in [2.05, 4.69) is 17.1 Å². The molecule has 1 aliphatic heterocycles. The minimum Gasteiger partial charge on any atom is -0.462 e. The van der Waals surface area contributed by atoms with E-state index in [1.807, 2.05) is 17.5 Å². The highest BCUT2D eigenvalue weighted by Gasteiger charge is 2.28. The minimum atomic E-state index is -0.354. The highest BCUT2D eigenvalue weighted by atomic mass is 32.1. The molecule has 0 atom stereocenters. The van der Waals surface area contributed by atoms with Gasteiger partial charge in [-0.1, -0.05) is 13.0 Å². The van der Waals surface area contributed by atoms with Gasteiger partial charge in [0.15, 0.2) is 0 Å². The summed E-state index contributed by atoms with van der Waals surface area (Å²) in [5, 5.41) is 5.43. The summed E-state index contributed by atoms with van der Waals surface area (Å²) in [6.07, 6.45) is 4.07. The molecule has 0 spiro atoms. The Morgan fingerprint density at radius 2 is 2.23 bits per heavy atom. The first-order valence-electron chi connectivity index (χ1n) is 8.69. The van der Waals surface area contributed by atoms with Crippen LogP contribution in [0, 0.1) is 0 Å². The molecule has 1 aliphatic rings. The van der Waals surface area contributed by atoms with Gasteiger partial charge >= 0.3 is 5.97 Å². The zero-order valence-corrected chi connectivity index (χ0v) is 16.5. The van der Waals surface area contributed by atoms with Crippen LogP contribution in [0.5, 0.6) is 0 Å². The summed E-state index contributed by atoms with van der Waals surface area (Å²) < 4.78 is 5.23. The molecule has 3 heterocycles. The first kappa shape index (κ1) is 18.8. The molecule has 1 amide bonds. The third-order valence-corrected chi connectivity index (χ3v) is 6.21. The predicted octanol–water partition coefficient (Wildman–Crippen LogP) is 4.02. The average molecular weight is 391 g/mol. The summed E-state index contributed by atoms with van der Waals surface area (Å²) in [5.41, 5.74) is 1.55. The SMILES string of the molecule is CCOC(=O)c1c(NC(=O)/C=C/c2cccs2)sc2c1CCN(CC)C2. The van der Waals surface area contributed by atoms with E-state index in [4.69, 9.17) is 4.74 Å². The van der Waals surface area contributed by atoms with Crippen LogP contribution in [0.4, 0.5) is 5.00 Å². The quantitative estimate of drug-likeness (QED) is 0.598. The van der Waals surface area contributed by atoms with Gasteiger partial charge < -0.3 is 10.1 Å². The molecule has 0 radical (unpaired) electrons. The van der Waals surface area contributed by atoms with Gasteiger partial charge in [0, 0.05) is 28.9 Å². The molecule has 2 aromatic rings. The minimum absolute atomic E-state index is 0.241. The van der Waals surface area contributed by atoms with Crippen molar-refractivity contribution in [3.05, 3.63) is 44.5 Å². The zero-order chi connectivity index (χ0) is 18.5. The van der Waals surface area contributed by atoms with Gasteiger partial charge in [0.1, 0.15) is 5.00 Å². The molecule has 0 saturated carbocycles. The van der Waals surface area contributed by atoms with Crippen molar-refractivity contribution in [3.8, 4) is 0 Å². The lowest BCUT2D eigenvalue weighted by Gasteiger charge is -2.25. The Morgan fingerprint density at radius 3 is 2.92 bits per heavy atom. The Hall–Kier alpha value is -1.96. The number of amides is 1. The van der Waals surface area contributed by atoms with Crippen molar-refractivity contribution in [1.82, 2.24) is 4.90 Å². The summed E-state index contributed by atoms with van der Waals surface area (Å²) in [6.45, 7) is 6.93. The van der Waals surface area contributed by atoms with Crippen LogP contribution in [0.2, 0.25) is 0 Å². The van der Waals surface area contributed by atoms with E-state index in [-0.39, 0.29) is 11.9 Å². The summed E-state index contributed by atoms with van der Waals surface area (Å²) in [6, 6.07) is 3.88. The van der Waals surface area contributed by atoms with Crippen LogP contribution in [0.3, 0.4) is 0 Å². The lowest BCUT2D eigenvalue weighted by atomic mass is 10.0. The molecular formula is C19H22N2O3S2. The van der Waals surface area contributed by atoms with Gasteiger partial charge in [-0.25, -0.2) is 4.79 Å². The van der Waals surface area contributed by atoms with Crippen molar-refractivity contribution in [1.29, 1.82) is 0 Å². The Bertz CT molecular complexity index is 809. The van der Waals surface area contributed by atoms with Crippen molar-refractivity contribution in [2.45, 2.75) is 26.8 Å². The second kappa shape index (κ2) is 8.62. The van der Waals surface area contributed by atoms with Crippen LogP contribution in [-0.2, 0) is 22.5 Å². The first-order chi connectivity index (χ1) is 12.6. The smallest absolute Gasteiger partial charge is 0.341 e. The number of hydrogen-bond donors (Lipinski definition) is 1. The largest absolute Gasteiger partial charge is 0.462 e. The molecule has 5 nitrogen and oxygen atoms in total. The van der Waals surface area contributed by atoms with Gasteiger partial charge in [-0.3, -0.25) is 9.69 Å². The molecule has 2 aromatic heterocycles. The number of nitrogens with one attached hydrogen (secondary N) is 1. The molecular weight excluding hydrogens is 368 g/mol. The molecule has 0 bridgehead atoms. The third-order valence-electron chi connectivity index (χ3n) is 4.24. The normalized spacial score (nSPS) is 14.4. The fraction of sp³-hybridized carbons (Fsp3) is 0.368. The van der Waals surface area contributed by atoms with Gasteiger partial charge in [0.05, 0.1) is 12.2 Å². The first-order valence-corrected chi connectivity index (χ1v) is 10.4. The highest BCUT2D eigenvalue weighted by molar-refractivity contribution is 7.17. The number of anilines is 1. The number of likely N-dealkylation sites (N-methyl/N-ethyl adjacent to an activating group) is 1. The molecule has 0 fully saturated rings. The molecule has 26 heavy (non-hydrogen) atoms. The standard InChI is InChI=1S/C19H22N2O3S2/c1-3-21-10-9-14-15(12-21)26-18(17(14)19(23)24-4-2)20-16(22)8-7-13-6-5-11-25-13/h5-8,11H,3-4,9-10,12H2,1-2H3,(H,20,22)/b8-7+. The van der Waals surface area contributed by atoms with Gasteiger partial charge in [0.25, 0.3) is 0 Å². The molecule has 138 valence electrons. The number of carbonyl (C=O) groups excluding carboxylic acids is 2. The van der Waals surface area contributed by atoms with Crippen molar-refractivity contribution in [2.24, 2.45) is 0 Å². The Labute approximate surface area is 161 Å². The average Bonchev–Trinajstić information content (AvgIpc) is 3.26. The summed E-state index contributed by atoms with van der Waals surface area (Å²) >= 11 is 3.05. The number of thiophene rings is 2. The van der Waals surface area contributed by atoms with E-state index in [0.717, 1.165) is 41.4 Å². The number of esters is 1. The van der Waals surface area contributed by atoms with Gasteiger partial charge in [-0.15, -0.1) is 22.7 Å². The zero-order valence-electron chi connectivity index (χ0n) is 14.9. The van der Waals surface area contributed by atoms with E-state index < -0.39 is 0 Å². The van der Waals surface area contributed by atoms with Crippen molar-refractivity contribution in [3.63, 3.8) is 0 Å². The number of carbonyl (C=O) groups is 2. The van der Waals surface area contributed by atoms with Crippen LogP contribution in [0.15, 0.2) is 23.6 Å². The maximum absolute atomic E-state index is 12.5. The Kier molecular flexibility index (Phi) is 6.24. The van der Waals surface area contributed by atoms with E-state index in [0.29, 0.717) is 17.2 Å². The summed E-state index contributed by atoms with van der Waals surface area (Å²) in [5.74, 6) is -0.595. The number of rotatable bonds is 6. The van der Waals surface area contributed by atoms with Gasteiger partial charge in [-0.05, 0) is 43.0 Å². The molecule has 0 aromatic carbocycles. The van der Waals surface area contributed by atoms with Crippen LogP contribution >= 0.6 is 22.7 Å². The number of nitrogens with zero attached hydrogens (tertiary/aromatic N) is 1. The molecule has 0 unspecified atom stereocenters. The highest BCUT2D eigenvalue weighted by Crippen LogP contribution is 2.37. The fourth-order valence-electron chi connectivity index (χ4n) is 2.93. The summed E-state index contributed by atoms with van der Waals surface area (Å²) in [4.78, 5) is 29.3. The fourth-order valence-corrected chi connectivity index (χ4v) is 4.83.